The summed E-state index contributed by atoms with van der Waals surface area (Å²) in [5, 5.41) is 33.9. The molecule has 4 aliphatic carbocycles. The Bertz CT molecular complexity index is 822. The molecule has 0 bridgehead atoms. The van der Waals surface area contributed by atoms with Crippen molar-refractivity contribution in [2.75, 3.05) is 0 Å². The van der Waals surface area contributed by atoms with E-state index in [0.717, 1.165) is 32.1 Å². The Morgan fingerprint density at radius 1 is 1.14 bits per heavy atom. The van der Waals surface area contributed by atoms with Crippen molar-refractivity contribution < 1.29 is 24.9 Å². The normalized spacial score (nSPS) is 46.8. The molecule has 35 heavy (non-hydrogen) atoms. The lowest BCUT2D eigenvalue weighted by Crippen LogP contribution is -2.65. The van der Waals surface area contributed by atoms with E-state index in [9.17, 15) is 20.1 Å². The summed E-state index contributed by atoms with van der Waals surface area (Å²) in [7, 11) is 0. The van der Waals surface area contributed by atoms with Gasteiger partial charge in [-0.25, -0.2) is 0 Å². The van der Waals surface area contributed by atoms with Gasteiger partial charge in [-0.05, 0) is 73.0 Å². The van der Waals surface area contributed by atoms with Gasteiger partial charge in [-0.3, -0.25) is 4.79 Å². The molecule has 0 radical (unpaired) electrons. The Labute approximate surface area is 212 Å². The topological polar surface area (TPSA) is 87.0 Å². The second-order valence-electron chi connectivity index (χ2n) is 13.6. The summed E-state index contributed by atoms with van der Waals surface area (Å²) >= 11 is 0. The van der Waals surface area contributed by atoms with Gasteiger partial charge in [-0.1, -0.05) is 66.0 Å². The van der Waals surface area contributed by atoms with Crippen molar-refractivity contribution in [2.24, 2.45) is 52.3 Å². The summed E-state index contributed by atoms with van der Waals surface area (Å²) in [4.78, 5) is 12.3. The summed E-state index contributed by atoms with van der Waals surface area (Å²) < 4.78 is 6.02. The minimum Gasteiger partial charge on any atom is -0.459 e. The molecule has 200 valence electrons. The van der Waals surface area contributed by atoms with E-state index in [-0.39, 0.29) is 47.1 Å². The Balaban J connectivity index is 1.70. The van der Waals surface area contributed by atoms with Crippen molar-refractivity contribution in [1.29, 1.82) is 0 Å². The van der Waals surface area contributed by atoms with Crippen molar-refractivity contribution in [3.05, 3.63) is 11.6 Å². The molecule has 0 saturated heterocycles. The van der Waals surface area contributed by atoms with Crippen LogP contribution in [0.2, 0.25) is 0 Å². The molecule has 4 aliphatic rings. The molecule has 0 amide bonds. The summed E-state index contributed by atoms with van der Waals surface area (Å²) in [6.45, 7) is 15.0. The smallest absolute Gasteiger partial charge is 0.303 e. The highest BCUT2D eigenvalue weighted by molar-refractivity contribution is 5.66. The van der Waals surface area contributed by atoms with E-state index in [1.165, 1.54) is 12.5 Å². The third kappa shape index (κ3) is 4.42. The summed E-state index contributed by atoms with van der Waals surface area (Å²) in [5.74, 6) is 1.60. The van der Waals surface area contributed by atoms with Crippen LogP contribution in [0.15, 0.2) is 11.6 Å². The van der Waals surface area contributed by atoms with Crippen LogP contribution in [-0.2, 0) is 9.53 Å². The first-order valence-corrected chi connectivity index (χ1v) is 14.2. The lowest BCUT2D eigenvalue weighted by atomic mass is 9.45. The fraction of sp³-hybridized carbons (Fsp3) is 0.900. The quantitative estimate of drug-likeness (QED) is 0.355. The van der Waals surface area contributed by atoms with E-state index in [0.29, 0.717) is 24.7 Å². The largest absolute Gasteiger partial charge is 0.459 e. The summed E-state index contributed by atoms with van der Waals surface area (Å²) in [5.41, 5.74) is 0.555. The molecule has 0 aromatic rings. The maximum atomic E-state index is 12.3. The molecule has 0 spiro atoms. The number of aliphatic hydroxyl groups is 3. The molecule has 4 rings (SSSR count). The van der Waals surface area contributed by atoms with Gasteiger partial charge in [0, 0.05) is 18.3 Å². The van der Waals surface area contributed by atoms with Gasteiger partial charge in [0.1, 0.15) is 6.10 Å². The maximum absolute atomic E-state index is 12.3. The van der Waals surface area contributed by atoms with Gasteiger partial charge < -0.3 is 20.1 Å². The second kappa shape index (κ2) is 9.76. The Morgan fingerprint density at radius 2 is 1.83 bits per heavy atom. The number of rotatable bonds is 6. The van der Waals surface area contributed by atoms with Crippen LogP contribution in [0.25, 0.3) is 0 Å². The lowest BCUT2D eigenvalue weighted by Gasteiger charge is -2.62. The van der Waals surface area contributed by atoms with Crippen molar-refractivity contribution in [1.82, 2.24) is 0 Å². The van der Waals surface area contributed by atoms with Crippen LogP contribution in [0.1, 0.15) is 93.4 Å². The minimum absolute atomic E-state index is 0.00851. The Morgan fingerprint density at radius 3 is 2.46 bits per heavy atom. The first-order chi connectivity index (χ1) is 16.3. The van der Waals surface area contributed by atoms with Crippen molar-refractivity contribution in [2.45, 2.75) is 118 Å². The van der Waals surface area contributed by atoms with E-state index in [1.807, 2.05) is 0 Å². The third-order valence-electron chi connectivity index (χ3n) is 11.4. The number of ether oxygens (including phenoxy) is 1. The Kier molecular flexibility index (Phi) is 7.57. The van der Waals surface area contributed by atoms with Crippen molar-refractivity contribution in [3.8, 4) is 0 Å². The minimum atomic E-state index is -0.812. The van der Waals surface area contributed by atoms with Crippen molar-refractivity contribution >= 4 is 5.97 Å². The van der Waals surface area contributed by atoms with Gasteiger partial charge >= 0.3 is 5.97 Å². The molecule has 0 aromatic heterocycles. The maximum Gasteiger partial charge on any atom is 0.303 e. The molecule has 0 aromatic carbocycles. The third-order valence-corrected chi connectivity index (χ3v) is 11.4. The molecule has 12 atom stereocenters. The van der Waals surface area contributed by atoms with Crippen LogP contribution >= 0.6 is 0 Å². The van der Waals surface area contributed by atoms with E-state index in [4.69, 9.17) is 4.74 Å². The van der Waals surface area contributed by atoms with Gasteiger partial charge in [0.15, 0.2) is 0 Å². The average molecular weight is 491 g/mol. The molecule has 5 nitrogen and oxygen atoms in total. The molecule has 3 saturated carbocycles. The molecule has 3 N–H and O–H groups in total. The van der Waals surface area contributed by atoms with Gasteiger partial charge in [0.05, 0.1) is 18.3 Å². The van der Waals surface area contributed by atoms with Gasteiger partial charge in [-0.2, -0.15) is 0 Å². The zero-order valence-corrected chi connectivity index (χ0v) is 23.0. The highest BCUT2D eigenvalue weighted by atomic mass is 16.6. The first kappa shape index (κ1) is 27.1. The predicted octanol–water partition coefficient (Wildman–Crippen LogP) is 5.12. The van der Waals surface area contributed by atoms with E-state index in [1.54, 1.807) is 0 Å². The second-order valence-corrected chi connectivity index (χ2v) is 13.6. The SMILES string of the molecule is CC(=O)O[C@@H]1C2[C@@H](CC=C3C[C@@H](O)CC[C@@]32C)C2CC(O)C(C(C)CCC(C)C(C)C)[C@@]2(C)[C@@H]1O. The fourth-order valence-corrected chi connectivity index (χ4v) is 9.12. The highest BCUT2D eigenvalue weighted by Crippen LogP contribution is 2.67. The van der Waals surface area contributed by atoms with Crippen LogP contribution in [0, 0.1) is 52.3 Å². The zero-order chi connectivity index (χ0) is 25.9. The van der Waals surface area contributed by atoms with E-state index in [2.05, 4.69) is 47.6 Å². The highest BCUT2D eigenvalue weighted by Gasteiger charge is 2.69. The van der Waals surface area contributed by atoms with Gasteiger partial charge in [-0.15, -0.1) is 0 Å². The molecule has 0 heterocycles. The molecule has 0 aliphatic heterocycles. The number of hydrogen-bond acceptors (Lipinski definition) is 5. The first-order valence-electron chi connectivity index (χ1n) is 14.2. The monoisotopic (exact) mass is 490 g/mol. The average Bonchev–Trinajstić information content (AvgIpc) is 3.06. The fourth-order valence-electron chi connectivity index (χ4n) is 9.12. The molecular formula is C30H50O5. The number of esters is 1. The van der Waals surface area contributed by atoms with Crippen LogP contribution in [0.3, 0.4) is 0 Å². The van der Waals surface area contributed by atoms with E-state index < -0.39 is 23.7 Å². The zero-order valence-electron chi connectivity index (χ0n) is 23.0. The lowest BCUT2D eigenvalue weighted by molar-refractivity contribution is -0.220. The molecular weight excluding hydrogens is 440 g/mol. The Hall–Kier alpha value is -0.910. The number of hydrogen-bond donors (Lipinski definition) is 3. The molecule has 6 unspecified atom stereocenters. The van der Waals surface area contributed by atoms with Crippen LogP contribution in [-0.4, -0.2) is 45.7 Å². The number of aliphatic hydroxyl groups excluding tert-OH is 3. The number of carbonyl (C=O) groups is 1. The van der Waals surface area contributed by atoms with Crippen LogP contribution in [0.5, 0.6) is 0 Å². The van der Waals surface area contributed by atoms with Crippen LogP contribution in [0.4, 0.5) is 0 Å². The standard InChI is InChI=1S/C30H50O5/c1-16(2)17(3)8-9-18(4)25-24(33)15-23-22-11-10-20-14-21(32)12-13-29(20,6)26(22)27(35-19(5)31)28(34)30(23,25)7/h10,16-18,21-28,32-34H,8-9,11-15H2,1-7H3/t17?,18?,21-,22-,23?,24?,25?,26?,27+,28+,29-,30-/m0/s1. The summed E-state index contributed by atoms with van der Waals surface area (Å²) in [6, 6.07) is 0. The molecule has 5 heteroatoms. The van der Waals surface area contributed by atoms with Crippen LogP contribution < -0.4 is 0 Å². The predicted molar refractivity (Wildman–Crippen MR) is 137 cm³/mol. The number of allylic oxidation sites excluding steroid dienone is 1. The van der Waals surface area contributed by atoms with Gasteiger partial charge in [0.25, 0.3) is 0 Å². The van der Waals surface area contributed by atoms with E-state index >= 15 is 0 Å². The summed E-state index contributed by atoms with van der Waals surface area (Å²) in [6.07, 6.45) is 6.13. The van der Waals surface area contributed by atoms with Crippen molar-refractivity contribution in [3.63, 3.8) is 0 Å². The van der Waals surface area contributed by atoms with Gasteiger partial charge in [0.2, 0.25) is 0 Å². The number of carbonyl (C=O) groups excluding carboxylic acids is 1. The molecule has 3 fully saturated rings. The number of fused-ring (bicyclic) bond motifs is 5.